The molecule has 25 heavy (non-hydrogen) atoms. The zero-order valence-corrected chi connectivity index (χ0v) is 16.1. The smallest absolute Gasteiger partial charge is 0.408 e. The van der Waals surface area contributed by atoms with Crippen molar-refractivity contribution in [3.63, 3.8) is 0 Å². The van der Waals surface area contributed by atoms with E-state index >= 15 is 0 Å². The van der Waals surface area contributed by atoms with Crippen molar-refractivity contribution in [2.24, 2.45) is 0 Å². The van der Waals surface area contributed by atoms with Crippen LogP contribution in [0, 0.1) is 3.57 Å². The lowest BCUT2D eigenvalue weighted by molar-refractivity contribution is -0.104. The number of nitrogens with zero attached hydrogens (tertiary/aromatic N) is 2. The molecule has 2 rings (SSSR count). The number of allylic oxidation sites excluding steroid dienone is 1. The van der Waals surface area contributed by atoms with Crippen molar-refractivity contribution in [2.75, 3.05) is 26.3 Å². The van der Waals surface area contributed by atoms with E-state index in [1.165, 1.54) is 12.5 Å². The highest BCUT2D eigenvalue weighted by Crippen LogP contribution is 2.12. The highest BCUT2D eigenvalue weighted by atomic mass is 127. The maximum absolute atomic E-state index is 12.0. The molecule has 1 N–H and O–H groups in total. The van der Waals surface area contributed by atoms with E-state index in [0.717, 1.165) is 29.5 Å². The minimum absolute atomic E-state index is 0.115. The Morgan fingerprint density at radius 3 is 2.80 bits per heavy atom. The second-order valence-corrected chi connectivity index (χ2v) is 6.75. The molecule has 2 heterocycles. The molecule has 1 aromatic heterocycles. The molecular weight excluding hydrogens is 437 g/mol. The normalized spacial score (nSPS) is 16.4. The van der Waals surface area contributed by atoms with E-state index in [1.807, 2.05) is 6.07 Å². The van der Waals surface area contributed by atoms with Gasteiger partial charge < -0.3 is 14.8 Å². The minimum Gasteiger partial charge on any atom is -0.474 e. The number of aromatic nitrogens is 1. The van der Waals surface area contributed by atoms with E-state index < -0.39 is 6.09 Å². The molecule has 1 amide bonds. The molecule has 1 fully saturated rings. The topological polar surface area (TPSA) is 80.8 Å². The molecule has 0 saturated carbocycles. The Balaban J connectivity index is 1.73. The number of carbonyl (C=O) groups excluding carboxylic acids is 2. The van der Waals surface area contributed by atoms with Crippen molar-refractivity contribution in [2.45, 2.75) is 25.4 Å². The van der Waals surface area contributed by atoms with Gasteiger partial charge in [0.05, 0.1) is 0 Å². The van der Waals surface area contributed by atoms with Gasteiger partial charge in [0.25, 0.3) is 0 Å². The van der Waals surface area contributed by atoms with Gasteiger partial charge in [0.15, 0.2) is 0 Å². The summed E-state index contributed by atoms with van der Waals surface area (Å²) in [7, 11) is 0. The summed E-state index contributed by atoms with van der Waals surface area (Å²) in [4.78, 5) is 28.8. The first kappa shape index (κ1) is 19.6. The number of nitrogens with one attached hydrogen (secondary N) is 1. The molecular formula is C17H22IN3O4. The Labute approximate surface area is 160 Å². The minimum atomic E-state index is -0.537. The number of hydrogen-bond acceptors (Lipinski definition) is 6. The molecule has 1 aromatic rings. The van der Waals surface area contributed by atoms with Crippen molar-refractivity contribution in [1.29, 1.82) is 0 Å². The molecule has 0 spiro atoms. The number of hydrogen-bond donors (Lipinski definition) is 1. The van der Waals surface area contributed by atoms with Crippen LogP contribution in [-0.4, -0.2) is 54.7 Å². The second-order valence-electron chi connectivity index (χ2n) is 5.51. The third-order valence-electron chi connectivity index (χ3n) is 3.69. The highest BCUT2D eigenvalue weighted by molar-refractivity contribution is 14.1. The molecule has 1 saturated heterocycles. The summed E-state index contributed by atoms with van der Waals surface area (Å²) in [5.74, 6) is 0.490. The van der Waals surface area contributed by atoms with E-state index in [0.29, 0.717) is 12.2 Å². The predicted molar refractivity (Wildman–Crippen MR) is 101 cm³/mol. The first-order chi connectivity index (χ1) is 12.2. The van der Waals surface area contributed by atoms with Crippen molar-refractivity contribution < 1.29 is 19.1 Å². The number of carbonyl (C=O) groups is 2. The fraction of sp³-hybridized carbons (Fsp3) is 0.471. The largest absolute Gasteiger partial charge is 0.474 e. The SMILES string of the molecule is O=C/C=C/C(NC(=O)OCCOc1ccc(I)cn1)N1CCCCC1. The number of amides is 1. The maximum atomic E-state index is 12.0. The van der Waals surface area contributed by atoms with Crippen LogP contribution in [0.5, 0.6) is 5.88 Å². The van der Waals surface area contributed by atoms with E-state index in [-0.39, 0.29) is 19.4 Å². The van der Waals surface area contributed by atoms with Gasteiger partial charge in [-0.2, -0.15) is 0 Å². The van der Waals surface area contributed by atoms with Crippen LogP contribution in [0.2, 0.25) is 0 Å². The molecule has 0 radical (unpaired) electrons. The van der Waals surface area contributed by atoms with Crippen molar-refractivity contribution in [3.8, 4) is 5.88 Å². The first-order valence-corrected chi connectivity index (χ1v) is 9.30. The van der Waals surface area contributed by atoms with Gasteiger partial charge in [-0.25, -0.2) is 9.78 Å². The van der Waals surface area contributed by atoms with E-state index in [9.17, 15) is 9.59 Å². The van der Waals surface area contributed by atoms with Gasteiger partial charge in [0.1, 0.15) is 25.7 Å². The van der Waals surface area contributed by atoms with Crippen LogP contribution in [0.15, 0.2) is 30.5 Å². The average molecular weight is 459 g/mol. The number of ether oxygens (including phenoxy) is 2. The number of likely N-dealkylation sites (tertiary alicyclic amines) is 1. The molecule has 0 bridgehead atoms. The predicted octanol–water partition coefficient (Wildman–Crippen LogP) is 2.36. The maximum Gasteiger partial charge on any atom is 0.408 e. The van der Waals surface area contributed by atoms with E-state index in [2.05, 4.69) is 37.8 Å². The van der Waals surface area contributed by atoms with E-state index in [4.69, 9.17) is 9.47 Å². The van der Waals surface area contributed by atoms with E-state index in [1.54, 1.807) is 18.3 Å². The van der Waals surface area contributed by atoms with Crippen molar-refractivity contribution >= 4 is 35.0 Å². The van der Waals surface area contributed by atoms with Crippen molar-refractivity contribution in [1.82, 2.24) is 15.2 Å². The van der Waals surface area contributed by atoms with Gasteiger partial charge in [-0.15, -0.1) is 0 Å². The summed E-state index contributed by atoms with van der Waals surface area (Å²) in [6.45, 7) is 2.11. The fourth-order valence-electron chi connectivity index (χ4n) is 2.50. The standard InChI is InChI=1S/C17H22IN3O4/c18-14-6-7-16(19-13-14)24-11-12-25-17(23)20-15(5-4-10-22)21-8-2-1-3-9-21/h4-7,10,13,15H,1-3,8-9,11-12H2,(H,20,23)/b5-4+. The van der Waals surface area contributed by atoms with Crippen LogP contribution >= 0.6 is 22.6 Å². The molecule has 8 heteroatoms. The lowest BCUT2D eigenvalue weighted by atomic mass is 10.1. The van der Waals surface area contributed by atoms with Crippen molar-refractivity contribution in [3.05, 3.63) is 34.1 Å². The monoisotopic (exact) mass is 459 g/mol. The second kappa shape index (κ2) is 11.0. The first-order valence-electron chi connectivity index (χ1n) is 8.22. The number of rotatable bonds is 8. The highest BCUT2D eigenvalue weighted by Gasteiger charge is 2.20. The lowest BCUT2D eigenvalue weighted by Gasteiger charge is -2.32. The molecule has 1 aliphatic rings. The third kappa shape index (κ3) is 7.39. The Hall–Kier alpha value is -1.68. The number of piperidine rings is 1. The Morgan fingerprint density at radius 2 is 2.12 bits per heavy atom. The summed E-state index contributed by atoms with van der Waals surface area (Å²) in [6, 6.07) is 3.65. The lowest BCUT2D eigenvalue weighted by Crippen LogP contribution is -2.49. The van der Waals surface area contributed by atoms with Gasteiger partial charge in [0, 0.05) is 28.9 Å². The van der Waals surface area contributed by atoms with Crippen LogP contribution in [0.4, 0.5) is 4.79 Å². The Bertz CT molecular complexity index is 574. The van der Waals surface area contributed by atoms with Crippen LogP contribution in [0.1, 0.15) is 19.3 Å². The third-order valence-corrected chi connectivity index (χ3v) is 4.33. The van der Waals surface area contributed by atoms with Crippen LogP contribution in [0.25, 0.3) is 0 Å². The van der Waals surface area contributed by atoms with Gasteiger partial charge in [0.2, 0.25) is 5.88 Å². The van der Waals surface area contributed by atoms with Gasteiger partial charge in [-0.1, -0.05) is 6.42 Å². The Kier molecular flexibility index (Phi) is 8.67. The van der Waals surface area contributed by atoms with Crippen LogP contribution in [0.3, 0.4) is 0 Å². The number of halogens is 1. The Morgan fingerprint density at radius 1 is 1.32 bits per heavy atom. The molecule has 1 unspecified atom stereocenters. The summed E-state index contributed by atoms with van der Waals surface area (Å²) < 4.78 is 11.6. The van der Waals surface area contributed by atoms with Gasteiger partial charge in [-0.05, 0) is 53.7 Å². The number of alkyl carbamates (subject to hydrolysis) is 1. The van der Waals surface area contributed by atoms with Crippen LogP contribution < -0.4 is 10.1 Å². The van der Waals surface area contributed by atoms with Gasteiger partial charge in [-0.3, -0.25) is 9.69 Å². The molecule has 1 aliphatic heterocycles. The quantitative estimate of drug-likeness (QED) is 0.278. The summed E-state index contributed by atoms with van der Waals surface area (Å²) in [5.41, 5.74) is 0. The molecule has 7 nitrogen and oxygen atoms in total. The summed E-state index contributed by atoms with van der Waals surface area (Å²) in [5, 5.41) is 2.77. The van der Waals surface area contributed by atoms with Crippen LogP contribution in [-0.2, 0) is 9.53 Å². The fourth-order valence-corrected chi connectivity index (χ4v) is 2.82. The molecule has 1 atom stereocenters. The van der Waals surface area contributed by atoms with Gasteiger partial charge >= 0.3 is 6.09 Å². The average Bonchev–Trinajstić information content (AvgIpc) is 2.64. The number of pyridine rings is 1. The molecule has 0 aliphatic carbocycles. The summed E-state index contributed by atoms with van der Waals surface area (Å²) in [6.07, 6.45) is 7.95. The summed E-state index contributed by atoms with van der Waals surface area (Å²) >= 11 is 2.16. The zero-order chi connectivity index (χ0) is 17.9. The zero-order valence-electron chi connectivity index (χ0n) is 13.9. The molecule has 0 aromatic carbocycles. The molecule has 136 valence electrons. The number of aldehydes is 1.